The molecule has 0 fully saturated rings. The maximum Gasteiger partial charge on any atom is 0.255 e. The Morgan fingerprint density at radius 2 is 2.00 bits per heavy atom. The van der Waals surface area contributed by atoms with Crippen LogP contribution in [0.5, 0.6) is 0 Å². The summed E-state index contributed by atoms with van der Waals surface area (Å²) in [5, 5.41) is 0.738. The van der Waals surface area contributed by atoms with Crippen LogP contribution in [0.1, 0.15) is 19.7 Å². The molecule has 19 heavy (non-hydrogen) atoms. The first-order chi connectivity index (χ1) is 8.94. The lowest BCUT2D eigenvalue weighted by Gasteiger charge is -2.07. The zero-order valence-electron chi connectivity index (χ0n) is 10.8. The summed E-state index contributed by atoms with van der Waals surface area (Å²) >= 11 is 0. The van der Waals surface area contributed by atoms with Gasteiger partial charge < -0.3 is 16.2 Å². The summed E-state index contributed by atoms with van der Waals surface area (Å²) in [6, 6.07) is 5.35. The first-order valence-electron chi connectivity index (χ1n) is 6.00. The number of nitrogens with zero attached hydrogens (tertiary/aromatic N) is 3. The van der Waals surface area contributed by atoms with Crippen LogP contribution in [0.3, 0.4) is 0 Å². The normalized spacial score (nSPS) is 17.3. The van der Waals surface area contributed by atoms with Gasteiger partial charge in [-0.15, -0.1) is 0 Å². The van der Waals surface area contributed by atoms with E-state index in [9.17, 15) is 0 Å². The van der Waals surface area contributed by atoms with Crippen LogP contribution in [0.2, 0.25) is 0 Å². The van der Waals surface area contributed by atoms with E-state index in [-0.39, 0.29) is 5.54 Å². The minimum absolute atomic E-state index is 0.246. The molecule has 1 aromatic carbocycles. The molecule has 98 valence electrons. The highest BCUT2D eigenvalue weighted by atomic mass is 16.5. The van der Waals surface area contributed by atoms with Gasteiger partial charge in [-0.1, -0.05) is 0 Å². The molecule has 6 nitrogen and oxygen atoms in total. The lowest BCUT2D eigenvalue weighted by molar-refractivity contribution is 0.278. The summed E-state index contributed by atoms with van der Waals surface area (Å²) in [5.41, 5.74) is 12.8. The van der Waals surface area contributed by atoms with E-state index in [1.165, 1.54) is 0 Å². The quantitative estimate of drug-likeness (QED) is 0.751. The van der Waals surface area contributed by atoms with Gasteiger partial charge in [-0.25, -0.2) is 15.0 Å². The monoisotopic (exact) mass is 257 g/mol. The van der Waals surface area contributed by atoms with E-state index in [1.54, 1.807) is 12.1 Å². The number of nitrogen functional groups attached to an aromatic ring is 2. The SMILES string of the molecule is CC1(C)COC(c2nc(N)c3cc(N)ccc3n2)=N1. The number of aliphatic imine (C=N–C) groups is 1. The molecule has 4 N–H and O–H groups in total. The Bertz CT molecular complexity index is 693. The highest BCUT2D eigenvalue weighted by Gasteiger charge is 2.28. The summed E-state index contributed by atoms with van der Waals surface area (Å²) < 4.78 is 5.53. The maximum atomic E-state index is 5.94. The molecule has 0 spiro atoms. The van der Waals surface area contributed by atoms with Crippen LogP contribution >= 0.6 is 0 Å². The van der Waals surface area contributed by atoms with E-state index in [0.717, 1.165) is 10.9 Å². The smallest absolute Gasteiger partial charge is 0.255 e. The Labute approximate surface area is 110 Å². The fourth-order valence-electron chi connectivity index (χ4n) is 1.96. The molecule has 1 aliphatic rings. The largest absolute Gasteiger partial charge is 0.473 e. The molecule has 2 aromatic rings. The predicted octanol–water partition coefficient (Wildman–Crippen LogP) is 1.35. The van der Waals surface area contributed by atoms with Crippen LogP contribution < -0.4 is 11.5 Å². The number of hydrogen-bond donors (Lipinski definition) is 2. The summed E-state index contributed by atoms with van der Waals surface area (Å²) in [4.78, 5) is 13.1. The van der Waals surface area contributed by atoms with Gasteiger partial charge in [0.1, 0.15) is 12.4 Å². The molecule has 0 atom stereocenters. The summed E-state index contributed by atoms with van der Waals surface area (Å²) in [6.45, 7) is 4.50. The van der Waals surface area contributed by atoms with Crippen molar-refractivity contribution in [3.05, 3.63) is 24.0 Å². The first-order valence-corrected chi connectivity index (χ1v) is 6.00. The van der Waals surface area contributed by atoms with Gasteiger partial charge in [-0.2, -0.15) is 0 Å². The van der Waals surface area contributed by atoms with E-state index in [0.29, 0.717) is 29.8 Å². The third-order valence-corrected chi connectivity index (χ3v) is 2.91. The second kappa shape index (κ2) is 3.81. The fraction of sp³-hybridized carbons (Fsp3) is 0.308. The number of hydrogen-bond acceptors (Lipinski definition) is 6. The van der Waals surface area contributed by atoms with Crippen molar-refractivity contribution in [3.8, 4) is 0 Å². The Morgan fingerprint density at radius 3 is 2.68 bits per heavy atom. The van der Waals surface area contributed by atoms with Crippen LogP contribution in [0.4, 0.5) is 11.5 Å². The molecule has 0 radical (unpaired) electrons. The van der Waals surface area contributed by atoms with E-state index < -0.39 is 0 Å². The third-order valence-electron chi connectivity index (χ3n) is 2.91. The maximum absolute atomic E-state index is 5.94. The highest BCUT2D eigenvalue weighted by molar-refractivity contribution is 5.97. The lowest BCUT2D eigenvalue weighted by Crippen LogP contribution is -2.17. The predicted molar refractivity (Wildman–Crippen MR) is 74.9 cm³/mol. The molecule has 0 unspecified atom stereocenters. The van der Waals surface area contributed by atoms with Crippen LogP contribution in [-0.4, -0.2) is 28.0 Å². The van der Waals surface area contributed by atoms with Gasteiger partial charge in [-0.05, 0) is 32.0 Å². The number of aromatic nitrogens is 2. The number of benzene rings is 1. The number of rotatable bonds is 1. The molecule has 1 aromatic heterocycles. The highest BCUT2D eigenvalue weighted by Crippen LogP contribution is 2.23. The Hall–Kier alpha value is -2.37. The second-order valence-corrected chi connectivity index (χ2v) is 5.23. The van der Waals surface area contributed by atoms with E-state index >= 15 is 0 Å². The second-order valence-electron chi connectivity index (χ2n) is 5.23. The van der Waals surface area contributed by atoms with E-state index in [2.05, 4.69) is 15.0 Å². The van der Waals surface area contributed by atoms with Gasteiger partial charge in [0, 0.05) is 11.1 Å². The average molecular weight is 257 g/mol. The summed E-state index contributed by atoms with van der Waals surface area (Å²) in [5.74, 6) is 1.24. The number of fused-ring (bicyclic) bond motifs is 1. The Morgan fingerprint density at radius 1 is 1.21 bits per heavy atom. The van der Waals surface area contributed by atoms with Crippen molar-refractivity contribution in [2.24, 2.45) is 4.99 Å². The van der Waals surface area contributed by atoms with Crippen LogP contribution in [0.15, 0.2) is 23.2 Å². The molecule has 3 rings (SSSR count). The van der Waals surface area contributed by atoms with E-state index in [1.807, 2.05) is 19.9 Å². The van der Waals surface area contributed by atoms with Gasteiger partial charge in [0.2, 0.25) is 5.82 Å². The lowest BCUT2D eigenvalue weighted by atomic mass is 10.1. The number of nitrogens with two attached hydrogens (primary N) is 2. The van der Waals surface area contributed by atoms with Gasteiger partial charge in [0.15, 0.2) is 0 Å². The van der Waals surface area contributed by atoms with Crippen molar-refractivity contribution in [2.45, 2.75) is 19.4 Å². The van der Waals surface area contributed by atoms with Crippen molar-refractivity contribution < 1.29 is 4.74 Å². The zero-order chi connectivity index (χ0) is 13.6. The fourth-order valence-corrected chi connectivity index (χ4v) is 1.96. The van der Waals surface area contributed by atoms with Crippen molar-refractivity contribution in [3.63, 3.8) is 0 Å². The Balaban J connectivity index is 2.15. The summed E-state index contributed by atoms with van der Waals surface area (Å²) in [7, 11) is 0. The molecule has 6 heteroatoms. The van der Waals surface area contributed by atoms with Crippen LogP contribution in [-0.2, 0) is 4.74 Å². The minimum Gasteiger partial charge on any atom is -0.473 e. The molecular weight excluding hydrogens is 242 g/mol. The van der Waals surface area contributed by atoms with Crippen molar-refractivity contribution in [1.29, 1.82) is 0 Å². The standard InChI is InChI=1S/C13H15N5O/c1-13(2)6-19-12(18-13)11-16-9-4-3-7(14)5-8(9)10(15)17-11/h3-5H,6,14H2,1-2H3,(H2,15,16,17). The van der Waals surface area contributed by atoms with Gasteiger partial charge in [0.05, 0.1) is 11.1 Å². The minimum atomic E-state index is -0.246. The van der Waals surface area contributed by atoms with E-state index in [4.69, 9.17) is 16.2 Å². The van der Waals surface area contributed by atoms with Crippen molar-refractivity contribution >= 4 is 28.3 Å². The Kier molecular flexibility index (Phi) is 2.35. The molecule has 0 saturated heterocycles. The van der Waals surface area contributed by atoms with Gasteiger partial charge >= 0.3 is 0 Å². The number of ether oxygens (including phenoxy) is 1. The topological polar surface area (TPSA) is 99.4 Å². The molecule has 2 heterocycles. The molecule has 0 saturated carbocycles. The zero-order valence-corrected chi connectivity index (χ0v) is 10.8. The van der Waals surface area contributed by atoms with Crippen LogP contribution in [0.25, 0.3) is 10.9 Å². The molecule has 0 aliphatic carbocycles. The third kappa shape index (κ3) is 2.05. The molecule has 0 bridgehead atoms. The molecular formula is C13H15N5O. The molecule has 0 amide bonds. The van der Waals surface area contributed by atoms with Crippen molar-refractivity contribution in [2.75, 3.05) is 18.1 Å². The first kappa shape index (κ1) is 11.7. The molecule has 1 aliphatic heterocycles. The van der Waals surface area contributed by atoms with Gasteiger partial charge in [-0.3, -0.25) is 0 Å². The summed E-state index contributed by atoms with van der Waals surface area (Å²) in [6.07, 6.45) is 0. The average Bonchev–Trinajstić information content (AvgIpc) is 2.70. The number of anilines is 2. The van der Waals surface area contributed by atoms with Gasteiger partial charge in [0.25, 0.3) is 5.90 Å². The van der Waals surface area contributed by atoms with Crippen LogP contribution in [0, 0.1) is 0 Å². The van der Waals surface area contributed by atoms with Crippen molar-refractivity contribution in [1.82, 2.24) is 9.97 Å².